The van der Waals surface area contributed by atoms with E-state index < -0.39 is 7.29 Å². The highest BCUT2D eigenvalue weighted by Gasteiger charge is 2.27. The van der Waals surface area contributed by atoms with Gasteiger partial charge in [0.1, 0.15) is 11.5 Å². The zero-order chi connectivity index (χ0) is 22.6. The van der Waals surface area contributed by atoms with Crippen molar-refractivity contribution < 1.29 is 9.30 Å². The van der Waals surface area contributed by atoms with Gasteiger partial charge in [0.25, 0.3) is 0 Å². The Bertz CT molecular complexity index is 1190. The normalized spacial score (nSPS) is 14.6. The number of anilines is 1. The Labute approximate surface area is 201 Å². The molecule has 0 amide bonds. The molecule has 4 rings (SSSR count). The topological polar surface area (TPSA) is 62.4 Å². The molecule has 3 aromatic carbocycles. The van der Waals surface area contributed by atoms with Crippen LogP contribution < -0.4 is 15.9 Å². The van der Waals surface area contributed by atoms with Crippen LogP contribution in [0.3, 0.4) is 0 Å². The van der Waals surface area contributed by atoms with E-state index in [-0.39, 0.29) is 5.11 Å². The van der Waals surface area contributed by atoms with E-state index in [0.29, 0.717) is 27.3 Å². The fraction of sp³-hybridized carbons (Fsp3) is 0. The largest absolute Gasteiger partial charge is 0.456 e. The molecule has 0 atom stereocenters. The van der Waals surface area contributed by atoms with Crippen LogP contribution in [-0.2, 0) is 9.30 Å². The summed E-state index contributed by atoms with van der Waals surface area (Å²) in [5, 5.41) is 6.93. The van der Waals surface area contributed by atoms with Crippen LogP contribution in [0.25, 0.3) is 11.5 Å². The van der Waals surface area contributed by atoms with Crippen molar-refractivity contribution in [2.24, 2.45) is 0 Å². The molecule has 1 heterocycles. The van der Waals surface area contributed by atoms with E-state index >= 15 is 0 Å². The second-order valence-corrected chi connectivity index (χ2v) is 10.3. The summed E-state index contributed by atoms with van der Waals surface area (Å²) in [7, 11) is -3.23. The molecular weight excluding hydrogens is 484 g/mol. The molecule has 1 aliphatic rings. The molecule has 9 heteroatoms. The molecule has 5 nitrogen and oxygen atoms in total. The average Bonchev–Trinajstić information content (AvgIpc) is 2.80. The van der Waals surface area contributed by atoms with E-state index in [1.54, 1.807) is 29.8 Å². The number of halogens is 2. The number of thiocarbonyl (C=S) groups is 1. The zero-order valence-electron chi connectivity index (χ0n) is 16.6. The average molecular weight is 502 g/mol. The number of hydrazine groups is 1. The van der Waals surface area contributed by atoms with Crippen LogP contribution in [0, 0.1) is 0 Å². The van der Waals surface area contributed by atoms with Crippen molar-refractivity contribution in [3.05, 3.63) is 112 Å². The first-order valence-electron chi connectivity index (χ1n) is 9.55. The van der Waals surface area contributed by atoms with Crippen LogP contribution in [-0.4, -0.2) is 5.11 Å². The third-order valence-electron chi connectivity index (χ3n) is 4.48. The molecule has 3 aromatic rings. The number of rotatable bonds is 5. The Morgan fingerprint density at radius 1 is 0.844 bits per heavy atom. The van der Waals surface area contributed by atoms with Crippen molar-refractivity contribution in [1.29, 1.82) is 0 Å². The Kier molecular flexibility index (Phi) is 6.99. The minimum atomic E-state index is -3.23. The van der Waals surface area contributed by atoms with E-state index in [1.165, 1.54) is 0 Å². The van der Waals surface area contributed by atoms with Crippen molar-refractivity contribution in [3.8, 4) is 0 Å². The van der Waals surface area contributed by atoms with Gasteiger partial charge >= 0.3 is 0 Å². The predicted molar refractivity (Wildman–Crippen MR) is 136 cm³/mol. The first kappa shape index (κ1) is 22.6. The summed E-state index contributed by atoms with van der Waals surface area (Å²) >= 11 is 17.4. The molecule has 0 radical (unpaired) electrons. The van der Waals surface area contributed by atoms with Gasteiger partial charge in [0.15, 0.2) is 5.11 Å². The van der Waals surface area contributed by atoms with E-state index in [0.717, 1.165) is 11.1 Å². The van der Waals surface area contributed by atoms with Crippen molar-refractivity contribution in [3.63, 3.8) is 0 Å². The Hall–Kier alpha value is -2.60. The number of benzene rings is 3. The Balaban J connectivity index is 1.56. The lowest BCUT2D eigenvalue weighted by Gasteiger charge is -2.24. The lowest BCUT2D eigenvalue weighted by Crippen LogP contribution is -2.37. The van der Waals surface area contributed by atoms with Crippen LogP contribution in [0.15, 0.2) is 90.5 Å². The summed E-state index contributed by atoms with van der Waals surface area (Å²) in [6, 6.07) is 24.0. The molecule has 0 aliphatic carbocycles. The lowest BCUT2D eigenvalue weighted by atomic mass is 10.2. The molecule has 1 aliphatic heterocycles. The molecule has 0 spiro atoms. The maximum Gasteiger partial charge on any atom is 0.215 e. The maximum absolute atomic E-state index is 13.7. The fourth-order valence-electron chi connectivity index (χ4n) is 2.98. The second kappa shape index (κ2) is 9.90. The highest BCUT2D eigenvalue weighted by atomic mass is 35.5. The minimum Gasteiger partial charge on any atom is -0.456 e. The van der Waals surface area contributed by atoms with Gasteiger partial charge in [0.2, 0.25) is 7.29 Å². The van der Waals surface area contributed by atoms with Gasteiger partial charge in [-0.1, -0.05) is 83.9 Å². The molecule has 0 bridgehead atoms. The van der Waals surface area contributed by atoms with Crippen LogP contribution in [0.5, 0.6) is 0 Å². The van der Waals surface area contributed by atoms with E-state index in [2.05, 4.69) is 15.9 Å². The quantitative estimate of drug-likeness (QED) is 0.197. The maximum atomic E-state index is 13.7. The number of ether oxygens (including phenoxy) is 1. The van der Waals surface area contributed by atoms with Gasteiger partial charge in [0, 0.05) is 27.8 Å². The number of nitrogens with one attached hydrogen (secondary N) is 3. The zero-order valence-corrected chi connectivity index (χ0v) is 19.8. The van der Waals surface area contributed by atoms with E-state index in [9.17, 15) is 4.57 Å². The second-order valence-electron chi connectivity index (χ2n) is 6.85. The Morgan fingerprint density at radius 2 is 1.41 bits per heavy atom. The van der Waals surface area contributed by atoms with Crippen molar-refractivity contribution in [1.82, 2.24) is 10.6 Å². The SMILES string of the molecule is O=P1(NNC(=S)Nc2ccc(Cl)cc2Cl)C=C(c2ccccc2)OC(c2ccccc2)=C1. The number of hydrogen-bond donors (Lipinski definition) is 3. The highest BCUT2D eigenvalue weighted by molar-refractivity contribution is 7.80. The van der Waals surface area contributed by atoms with Crippen molar-refractivity contribution >= 4 is 65.0 Å². The van der Waals surface area contributed by atoms with Gasteiger partial charge < -0.3 is 10.1 Å². The molecular formula is C23H18Cl2N3O2PS. The van der Waals surface area contributed by atoms with Gasteiger partial charge in [-0.05, 0) is 30.4 Å². The molecule has 0 saturated heterocycles. The van der Waals surface area contributed by atoms with E-state index in [4.69, 9.17) is 40.2 Å². The molecule has 3 N–H and O–H groups in total. The molecule has 0 aromatic heterocycles. The van der Waals surface area contributed by atoms with Gasteiger partial charge in [-0.25, -0.2) is 0 Å². The smallest absolute Gasteiger partial charge is 0.215 e. The van der Waals surface area contributed by atoms with Gasteiger partial charge in [-0.3, -0.25) is 9.99 Å². The van der Waals surface area contributed by atoms with Crippen LogP contribution in [0.1, 0.15) is 11.1 Å². The monoisotopic (exact) mass is 501 g/mol. The summed E-state index contributed by atoms with van der Waals surface area (Å²) in [6.07, 6.45) is 0. The van der Waals surface area contributed by atoms with Gasteiger partial charge in [-0.15, -0.1) is 0 Å². The third kappa shape index (κ3) is 5.60. The first-order chi connectivity index (χ1) is 15.4. The van der Waals surface area contributed by atoms with Crippen LogP contribution >= 0.6 is 42.7 Å². The molecule has 32 heavy (non-hydrogen) atoms. The third-order valence-corrected chi connectivity index (χ3v) is 6.93. The van der Waals surface area contributed by atoms with Crippen molar-refractivity contribution in [2.45, 2.75) is 0 Å². The summed E-state index contributed by atoms with van der Waals surface area (Å²) in [4.78, 5) is 0. The van der Waals surface area contributed by atoms with Gasteiger partial charge in [-0.2, -0.15) is 5.20 Å². The minimum absolute atomic E-state index is 0.195. The predicted octanol–water partition coefficient (Wildman–Crippen LogP) is 7.09. The first-order valence-corrected chi connectivity index (χ1v) is 12.6. The van der Waals surface area contributed by atoms with Gasteiger partial charge in [0.05, 0.1) is 10.7 Å². The van der Waals surface area contributed by atoms with Crippen molar-refractivity contribution in [2.75, 3.05) is 5.32 Å². The summed E-state index contributed by atoms with van der Waals surface area (Å²) < 4.78 is 19.8. The molecule has 162 valence electrons. The summed E-state index contributed by atoms with van der Waals surface area (Å²) in [6.45, 7) is 0. The lowest BCUT2D eigenvalue weighted by molar-refractivity contribution is 0.468. The fourth-order valence-corrected chi connectivity index (χ4v) is 5.26. The molecule has 0 saturated carbocycles. The molecule has 0 fully saturated rings. The standard InChI is InChI=1S/C23H18Cl2N3O2PS/c24-18-11-12-20(19(25)13-18)26-23(32)27-28-31(29)14-21(16-7-3-1-4-8-16)30-22(15-31)17-9-5-2-6-10-17/h1-15H,(H,28,29)(H2,26,27,32). The Morgan fingerprint density at radius 3 is 1.94 bits per heavy atom. The van der Waals surface area contributed by atoms with Crippen LogP contribution in [0.4, 0.5) is 5.69 Å². The highest BCUT2D eigenvalue weighted by Crippen LogP contribution is 2.52. The molecule has 0 unspecified atom stereocenters. The van der Waals surface area contributed by atoms with E-state index in [1.807, 2.05) is 60.7 Å². The summed E-state index contributed by atoms with van der Waals surface area (Å²) in [5.74, 6) is 4.12. The summed E-state index contributed by atoms with van der Waals surface area (Å²) in [5.41, 5.74) is 4.99. The van der Waals surface area contributed by atoms with Crippen LogP contribution in [0.2, 0.25) is 10.0 Å². The number of hydrogen-bond acceptors (Lipinski definition) is 3.